The number of thiophene rings is 1. The molecule has 1 N–H and O–H groups in total. The van der Waals surface area contributed by atoms with E-state index in [1.165, 1.54) is 0 Å². The minimum Gasteiger partial charge on any atom is -0.495 e. The Morgan fingerprint density at radius 3 is 2.38 bits per heavy atom. The zero-order valence-corrected chi connectivity index (χ0v) is 14.2. The van der Waals surface area contributed by atoms with Crippen molar-refractivity contribution in [3.8, 4) is 5.75 Å². The van der Waals surface area contributed by atoms with Gasteiger partial charge in [0.15, 0.2) is 0 Å². The van der Waals surface area contributed by atoms with Crippen molar-refractivity contribution in [1.82, 2.24) is 0 Å². The molecule has 0 radical (unpaired) electrons. The zero-order chi connectivity index (χ0) is 15.5. The predicted molar refractivity (Wildman–Crippen MR) is 84.7 cm³/mol. The number of ether oxygens (including phenoxy) is 2. The topological polar surface area (TPSA) is 47.9 Å². The summed E-state index contributed by atoms with van der Waals surface area (Å²) < 4.78 is 18.0. The van der Waals surface area contributed by atoms with Crippen LogP contribution in [0.1, 0.15) is 32.6 Å². The van der Waals surface area contributed by atoms with Crippen molar-refractivity contribution < 1.29 is 19.2 Å². The van der Waals surface area contributed by atoms with Crippen molar-refractivity contribution in [2.45, 2.75) is 45.2 Å². The van der Waals surface area contributed by atoms with Gasteiger partial charge in [-0.25, -0.2) is 0 Å². The third-order valence-corrected chi connectivity index (χ3v) is 6.52. The lowest BCUT2D eigenvalue weighted by molar-refractivity contribution is -0.183. The van der Waals surface area contributed by atoms with E-state index < -0.39 is 5.60 Å². The Bertz CT molecular complexity index is 532. The van der Waals surface area contributed by atoms with E-state index in [2.05, 4.69) is 27.7 Å². The van der Waals surface area contributed by atoms with Gasteiger partial charge in [-0.2, -0.15) is 0 Å². The molecule has 116 valence electrons. The van der Waals surface area contributed by atoms with Crippen molar-refractivity contribution in [1.29, 1.82) is 0 Å². The predicted octanol–water partition coefficient (Wildman–Crippen LogP) is 2.01. The summed E-state index contributed by atoms with van der Waals surface area (Å²) in [6, 6.07) is 2.01. The Kier molecular flexibility index (Phi) is 3.45. The fourth-order valence-corrected chi connectivity index (χ4v) is 4.09. The van der Waals surface area contributed by atoms with Crippen LogP contribution < -0.4 is 9.51 Å². The third-order valence-electron chi connectivity index (χ3n) is 5.12. The van der Waals surface area contributed by atoms with Crippen LogP contribution in [0.4, 0.5) is 0 Å². The van der Waals surface area contributed by atoms with Crippen molar-refractivity contribution in [3.05, 3.63) is 10.9 Å². The minimum absolute atomic E-state index is 0.0623. The number of aliphatic hydroxyl groups is 1. The van der Waals surface area contributed by atoms with Gasteiger partial charge < -0.3 is 19.2 Å². The smallest absolute Gasteiger partial charge is 0.338 e. The van der Waals surface area contributed by atoms with Crippen LogP contribution in [0.15, 0.2) is 6.07 Å². The highest BCUT2D eigenvalue weighted by Gasteiger charge is 2.51. The number of rotatable bonds is 3. The molecular formula is C15H23BO4S. The molecule has 0 atom stereocenters. The van der Waals surface area contributed by atoms with Crippen LogP contribution in [-0.4, -0.2) is 37.9 Å². The van der Waals surface area contributed by atoms with Gasteiger partial charge in [-0.1, -0.05) is 13.8 Å². The second-order valence-corrected chi connectivity index (χ2v) is 8.36. The van der Waals surface area contributed by atoms with E-state index >= 15 is 0 Å². The van der Waals surface area contributed by atoms with Gasteiger partial charge in [0.2, 0.25) is 0 Å². The SMILES string of the molecule is COc1cc(B2CC(C)(C)C(C)(C)O2)sc1C1(O)COC1. The molecule has 0 amide bonds. The van der Waals surface area contributed by atoms with Crippen molar-refractivity contribution in [2.24, 2.45) is 5.41 Å². The molecule has 21 heavy (non-hydrogen) atoms. The molecule has 2 aliphatic rings. The van der Waals surface area contributed by atoms with Gasteiger partial charge >= 0.3 is 6.92 Å². The molecule has 6 heteroatoms. The Morgan fingerprint density at radius 1 is 1.29 bits per heavy atom. The van der Waals surface area contributed by atoms with Gasteiger partial charge in [-0.05, 0) is 31.6 Å². The first-order chi connectivity index (χ1) is 9.68. The first-order valence-electron chi connectivity index (χ1n) is 7.35. The molecule has 2 aliphatic heterocycles. The van der Waals surface area contributed by atoms with Crippen LogP contribution in [-0.2, 0) is 15.0 Å². The molecule has 4 nitrogen and oxygen atoms in total. The molecule has 0 unspecified atom stereocenters. The monoisotopic (exact) mass is 310 g/mol. The van der Waals surface area contributed by atoms with Gasteiger partial charge in [0.1, 0.15) is 11.4 Å². The molecule has 1 aromatic heterocycles. The van der Waals surface area contributed by atoms with E-state index in [0.717, 1.165) is 21.7 Å². The highest BCUT2D eigenvalue weighted by atomic mass is 32.1. The Labute approximate surface area is 130 Å². The highest BCUT2D eigenvalue weighted by molar-refractivity contribution is 7.23. The molecule has 2 saturated heterocycles. The number of hydrogen-bond acceptors (Lipinski definition) is 5. The maximum Gasteiger partial charge on any atom is 0.338 e. The fourth-order valence-electron chi connectivity index (χ4n) is 2.88. The summed E-state index contributed by atoms with van der Waals surface area (Å²) in [4.78, 5) is 0.859. The lowest BCUT2D eigenvalue weighted by atomic mass is 9.58. The lowest BCUT2D eigenvalue weighted by Gasteiger charge is -2.35. The molecule has 0 saturated carbocycles. The van der Waals surface area contributed by atoms with Crippen LogP contribution in [0.3, 0.4) is 0 Å². The van der Waals surface area contributed by atoms with E-state index in [9.17, 15) is 5.11 Å². The average Bonchev–Trinajstić information content (AvgIpc) is 2.86. The molecule has 0 spiro atoms. The van der Waals surface area contributed by atoms with Gasteiger partial charge in [-0.15, -0.1) is 11.3 Å². The molecule has 0 aromatic carbocycles. The Balaban J connectivity index is 1.91. The van der Waals surface area contributed by atoms with Crippen LogP contribution >= 0.6 is 11.3 Å². The largest absolute Gasteiger partial charge is 0.495 e. The van der Waals surface area contributed by atoms with E-state index in [-0.39, 0.29) is 17.9 Å². The Morgan fingerprint density at radius 2 is 1.95 bits per heavy atom. The summed E-state index contributed by atoms with van der Waals surface area (Å²) in [7, 11) is 1.64. The average molecular weight is 310 g/mol. The molecule has 0 bridgehead atoms. The zero-order valence-electron chi connectivity index (χ0n) is 13.4. The molecule has 1 aromatic rings. The second-order valence-electron chi connectivity index (χ2n) is 7.28. The maximum absolute atomic E-state index is 10.5. The maximum atomic E-state index is 10.5. The molecule has 2 fully saturated rings. The summed E-state index contributed by atoms with van der Waals surface area (Å²) in [5.74, 6) is 0.743. The number of methoxy groups -OCH3 is 1. The van der Waals surface area contributed by atoms with Crippen LogP contribution in [0.5, 0.6) is 5.75 Å². The van der Waals surface area contributed by atoms with E-state index in [1.54, 1.807) is 18.4 Å². The minimum atomic E-state index is -0.891. The summed E-state index contributed by atoms with van der Waals surface area (Å²) in [5, 5.41) is 10.5. The third kappa shape index (κ3) is 2.33. The van der Waals surface area contributed by atoms with Crippen molar-refractivity contribution >= 4 is 23.0 Å². The second kappa shape index (κ2) is 4.72. The molecular weight excluding hydrogens is 287 g/mol. The normalized spacial score (nSPS) is 25.7. The first-order valence-corrected chi connectivity index (χ1v) is 8.16. The standard InChI is InChI=1S/C15H23BO4S/c1-13(2)7-16(20-14(13,3)4)11-6-10(18-5)12(21-11)15(17)8-19-9-15/h6,17H,7-9H2,1-5H3. The van der Waals surface area contributed by atoms with Crippen LogP contribution in [0.2, 0.25) is 6.32 Å². The lowest BCUT2D eigenvalue weighted by Crippen LogP contribution is -2.46. The molecule has 3 heterocycles. The van der Waals surface area contributed by atoms with Gasteiger partial charge in [0.05, 0.1) is 30.8 Å². The summed E-state index contributed by atoms with van der Waals surface area (Å²) in [6.07, 6.45) is 0.970. The van der Waals surface area contributed by atoms with E-state index in [0.29, 0.717) is 13.2 Å². The highest BCUT2D eigenvalue weighted by Crippen LogP contribution is 2.46. The van der Waals surface area contributed by atoms with E-state index in [4.69, 9.17) is 14.1 Å². The first kappa shape index (κ1) is 15.3. The van der Waals surface area contributed by atoms with Gasteiger partial charge in [0.25, 0.3) is 0 Å². The molecule has 3 rings (SSSR count). The summed E-state index contributed by atoms with van der Waals surface area (Å²) in [5.41, 5.74) is -0.936. The summed E-state index contributed by atoms with van der Waals surface area (Å²) in [6.45, 7) is 9.51. The van der Waals surface area contributed by atoms with Crippen molar-refractivity contribution in [3.63, 3.8) is 0 Å². The van der Waals surface area contributed by atoms with Crippen LogP contribution in [0.25, 0.3) is 0 Å². The van der Waals surface area contributed by atoms with Gasteiger partial charge in [0, 0.05) is 4.78 Å². The summed E-state index contributed by atoms with van der Waals surface area (Å²) >= 11 is 1.59. The van der Waals surface area contributed by atoms with E-state index in [1.807, 2.05) is 6.07 Å². The molecule has 0 aliphatic carbocycles. The van der Waals surface area contributed by atoms with Crippen LogP contribution in [0, 0.1) is 5.41 Å². The van der Waals surface area contributed by atoms with Crippen molar-refractivity contribution in [2.75, 3.05) is 20.3 Å². The quantitative estimate of drug-likeness (QED) is 0.868. The fraction of sp³-hybridized carbons (Fsp3) is 0.733. The Hall–Kier alpha value is -0.555. The number of hydrogen-bond donors (Lipinski definition) is 1. The van der Waals surface area contributed by atoms with Gasteiger partial charge in [-0.3, -0.25) is 0 Å².